The van der Waals surface area contributed by atoms with Gasteiger partial charge in [0.1, 0.15) is 17.8 Å². The predicted molar refractivity (Wildman–Crippen MR) is 96.3 cm³/mol. The first-order valence-corrected chi connectivity index (χ1v) is 8.57. The standard InChI is InChI=1S/C19H19FN6/c1-13-22-10-14(11-23-13)16-5-6-18(26-25-16)24-12-19(8-15(20)9-19)17-4-2-3-7-21-17/h2-7,10-11,15H,8-9,12H2,1H3,(H,24,26). The van der Waals surface area contributed by atoms with Crippen LogP contribution in [-0.4, -0.2) is 37.9 Å². The minimum Gasteiger partial charge on any atom is -0.368 e. The summed E-state index contributed by atoms with van der Waals surface area (Å²) < 4.78 is 13.6. The molecular weight excluding hydrogens is 331 g/mol. The van der Waals surface area contributed by atoms with E-state index in [0.29, 0.717) is 36.7 Å². The number of nitrogens with zero attached hydrogens (tertiary/aromatic N) is 5. The number of hydrogen-bond donors (Lipinski definition) is 1. The summed E-state index contributed by atoms with van der Waals surface area (Å²) in [5.41, 5.74) is 2.16. The Balaban J connectivity index is 1.46. The molecule has 0 saturated heterocycles. The number of pyridine rings is 1. The van der Waals surface area contributed by atoms with Gasteiger partial charge in [0.15, 0.2) is 0 Å². The van der Waals surface area contributed by atoms with Gasteiger partial charge >= 0.3 is 0 Å². The molecule has 1 aliphatic carbocycles. The molecule has 6 nitrogen and oxygen atoms in total. The highest BCUT2D eigenvalue weighted by molar-refractivity contribution is 5.57. The highest BCUT2D eigenvalue weighted by Gasteiger charge is 2.46. The molecule has 0 atom stereocenters. The normalized spacial score (nSPS) is 21.8. The summed E-state index contributed by atoms with van der Waals surface area (Å²) in [6, 6.07) is 9.50. The Morgan fingerprint density at radius 1 is 1.08 bits per heavy atom. The van der Waals surface area contributed by atoms with Gasteiger partial charge in [-0.2, -0.15) is 0 Å². The molecule has 7 heteroatoms. The number of halogens is 1. The lowest BCUT2D eigenvalue weighted by molar-refractivity contribution is 0.0996. The van der Waals surface area contributed by atoms with Gasteiger partial charge in [-0.05, 0) is 44.0 Å². The Labute approximate surface area is 151 Å². The van der Waals surface area contributed by atoms with Crippen molar-refractivity contribution in [3.05, 3.63) is 60.4 Å². The fourth-order valence-corrected chi connectivity index (χ4v) is 3.27. The van der Waals surface area contributed by atoms with E-state index in [1.807, 2.05) is 37.3 Å². The summed E-state index contributed by atoms with van der Waals surface area (Å²) in [4.78, 5) is 12.8. The van der Waals surface area contributed by atoms with E-state index in [4.69, 9.17) is 0 Å². The summed E-state index contributed by atoms with van der Waals surface area (Å²) in [6.07, 6.45) is 5.39. The fourth-order valence-electron chi connectivity index (χ4n) is 3.27. The van der Waals surface area contributed by atoms with E-state index in [1.165, 1.54) is 0 Å². The van der Waals surface area contributed by atoms with Crippen LogP contribution in [0, 0.1) is 6.92 Å². The number of hydrogen-bond acceptors (Lipinski definition) is 6. The van der Waals surface area contributed by atoms with Gasteiger partial charge in [0.25, 0.3) is 0 Å². The molecule has 0 amide bonds. The molecule has 26 heavy (non-hydrogen) atoms. The molecule has 132 valence electrons. The van der Waals surface area contributed by atoms with Gasteiger partial charge in [0.2, 0.25) is 0 Å². The summed E-state index contributed by atoms with van der Waals surface area (Å²) in [5, 5.41) is 11.7. The molecule has 1 saturated carbocycles. The van der Waals surface area contributed by atoms with Crippen LogP contribution in [0.1, 0.15) is 24.4 Å². The average molecular weight is 350 g/mol. The molecule has 0 unspecified atom stereocenters. The van der Waals surface area contributed by atoms with Gasteiger partial charge in [-0.15, -0.1) is 10.2 Å². The first-order valence-electron chi connectivity index (χ1n) is 8.57. The van der Waals surface area contributed by atoms with E-state index in [0.717, 1.165) is 11.3 Å². The molecule has 0 spiro atoms. The molecule has 3 aromatic heterocycles. The molecule has 0 aromatic carbocycles. The third-order valence-corrected chi connectivity index (χ3v) is 4.78. The zero-order valence-electron chi connectivity index (χ0n) is 14.4. The number of anilines is 1. The minimum absolute atomic E-state index is 0.286. The molecule has 0 aliphatic heterocycles. The molecule has 0 radical (unpaired) electrons. The van der Waals surface area contributed by atoms with E-state index in [-0.39, 0.29) is 5.41 Å². The van der Waals surface area contributed by atoms with Crippen molar-refractivity contribution in [3.63, 3.8) is 0 Å². The van der Waals surface area contributed by atoms with Crippen LogP contribution in [0.25, 0.3) is 11.3 Å². The van der Waals surface area contributed by atoms with E-state index < -0.39 is 6.17 Å². The van der Waals surface area contributed by atoms with Crippen LogP contribution in [-0.2, 0) is 5.41 Å². The van der Waals surface area contributed by atoms with Gasteiger partial charge in [-0.1, -0.05) is 6.07 Å². The van der Waals surface area contributed by atoms with Crippen LogP contribution >= 0.6 is 0 Å². The van der Waals surface area contributed by atoms with Crippen molar-refractivity contribution in [3.8, 4) is 11.3 Å². The van der Waals surface area contributed by atoms with Gasteiger partial charge in [0.05, 0.1) is 5.69 Å². The first-order chi connectivity index (χ1) is 12.6. The maximum atomic E-state index is 13.6. The second kappa shape index (κ2) is 6.74. The number of rotatable bonds is 5. The lowest BCUT2D eigenvalue weighted by Crippen LogP contribution is -2.48. The summed E-state index contributed by atoms with van der Waals surface area (Å²) in [6.45, 7) is 2.41. The highest BCUT2D eigenvalue weighted by Crippen LogP contribution is 2.44. The topological polar surface area (TPSA) is 76.5 Å². The van der Waals surface area contributed by atoms with Crippen LogP contribution in [0.5, 0.6) is 0 Å². The van der Waals surface area contributed by atoms with E-state index in [1.54, 1.807) is 18.6 Å². The van der Waals surface area contributed by atoms with Crippen LogP contribution < -0.4 is 5.32 Å². The SMILES string of the molecule is Cc1ncc(-c2ccc(NCC3(c4ccccn4)CC(F)C3)nn2)cn1. The Kier molecular flexibility index (Phi) is 4.28. The van der Waals surface area contributed by atoms with Crippen LogP contribution in [0.2, 0.25) is 0 Å². The quantitative estimate of drug-likeness (QED) is 0.762. The maximum absolute atomic E-state index is 13.6. The Morgan fingerprint density at radius 2 is 1.88 bits per heavy atom. The molecule has 1 aliphatic rings. The number of aryl methyl sites for hydroxylation is 1. The van der Waals surface area contributed by atoms with Crippen molar-refractivity contribution in [1.29, 1.82) is 0 Å². The van der Waals surface area contributed by atoms with Gasteiger partial charge in [-0.25, -0.2) is 14.4 Å². The Morgan fingerprint density at radius 3 is 2.50 bits per heavy atom. The molecule has 0 bridgehead atoms. The van der Waals surface area contributed by atoms with Gasteiger partial charge in [-0.3, -0.25) is 4.98 Å². The molecular formula is C19H19FN6. The molecule has 3 aromatic rings. The van der Waals surface area contributed by atoms with Crippen molar-refractivity contribution in [2.24, 2.45) is 0 Å². The minimum atomic E-state index is -0.770. The monoisotopic (exact) mass is 350 g/mol. The van der Waals surface area contributed by atoms with Gasteiger partial charge in [0, 0.05) is 41.8 Å². The van der Waals surface area contributed by atoms with E-state index in [9.17, 15) is 4.39 Å². The molecule has 1 fully saturated rings. The van der Waals surface area contributed by atoms with Crippen molar-refractivity contribution >= 4 is 5.82 Å². The molecule has 4 rings (SSSR count). The first kappa shape index (κ1) is 16.5. The van der Waals surface area contributed by atoms with Crippen molar-refractivity contribution in [2.75, 3.05) is 11.9 Å². The largest absolute Gasteiger partial charge is 0.368 e. The number of nitrogens with one attached hydrogen (secondary N) is 1. The van der Waals surface area contributed by atoms with E-state index in [2.05, 4.69) is 30.5 Å². The fraction of sp³-hybridized carbons (Fsp3) is 0.316. The smallest absolute Gasteiger partial charge is 0.148 e. The summed E-state index contributed by atoms with van der Waals surface area (Å²) in [5.74, 6) is 1.37. The van der Waals surface area contributed by atoms with Gasteiger partial charge < -0.3 is 5.32 Å². The second-order valence-electron chi connectivity index (χ2n) is 6.68. The van der Waals surface area contributed by atoms with Crippen molar-refractivity contribution in [2.45, 2.75) is 31.4 Å². The summed E-state index contributed by atoms with van der Waals surface area (Å²) in [7, 11) is 0. The lowest BCUT2D eigenvalue weighted by Gasteiger charge is -2.43. The highest BCUT2D eigenvalue weighted by atomic mass is 19.1. The zero-order chi connectivity index (χ0) is 18.0. The van der Waals surface area contributed by atoms with E-state index >= 15 is 0 Å². The average Bonchev–Trinajstić information content (AvgIpc) is 2.66. The Hall–Kier alpha value is -2.96. The third kappa shape index (κ3) is 3.24. The number of aromatic nitrogens is 5. The Bertz CT molecular complexity index is 861. The van der Waals surface area contributed by atoms with Crippen LogP contribution in [0.3, 0.4) is 0 Å². The van der Waals surface area contributed by atoms with Crippen molar-refractivity contribution in [1.82, 2.24) is 25.1 Å². The molecule has 3 heterocycles. The zero-order valence-corrected chi connectivity index (χ0v) is 14.4. The second-order valence-corrected chi connectivity index (χ2v) is 6.68. The number of alkyl halides is 1. The lowest BCUT2D eigenvalue weighted by atomic mass is 9.65. The van der Waals surface area contributed by atoms with Crippen LogP contribution in [0.4, 0.5) is 10.2 Å². The maximum Gasteiger partial charge on any atom is 0.148 e. The predicted octanol–water partition coefficient (Wildman–Crippen LogP) is 3.12. The van der Waals surface area contributed by atoms with Crippen molar-refractivity contribution < 1.29 is 4.39 Å². The summed E-state index contributed by atoms with van der Waals surface area (Å²) >= 11 is 0. The molecule has 1 N–H and O–H groups in total. The third-order valence-electron chi connectivity index (χ3n) is 4.78. The van der Waals surface area contributed by atoms with Crippen LogP contribution in [0.15, 0.2) is 48.9 Å².